The zero-order valence-electron chi connectivity index (χ0n) is 13.8. The topological polar surface area (TPSA) is 86.1 Å². The van der Waals surface area contributed by atoms with Gasteiger partial charge in [-0.15, -0.1) is 0 Å². The van der Waals surface area contributed by atoms with E-state index in [1.165, 1.54) is 13.2 Å². The Bertz CT molecular complexity index is 989. The molecule has 0 bridgehead atoms. The van der Waals surface area contributed by atoms with Crippen LogP contribution in [0.3, 0.4) is 0 Å². The number of pyridine rings is 1. The van der Waals surface area contributed by atoms with Crippen LogP contribution in [0.25, 0.3) is 11.3 Å². The molecule has 0 aliphatic rings. The van der Waals surface area contributed by atoms with Crippen molar-refractivity contribution >= 4 is 23.2 Å². The molecule has 7 nitrogen and oxygen atoms in total. The van der Waals surface area contributed by atoms with E-state index in [1.807, 2.05) is 6.07 Å². The number of anilines is 1. The first-order valence-electron chi connectivity index (χ1n) is 7.69. The van der Waals surface area contributed by atoms with Crippen molar-refractivity contribution in [1.29, 1.82) is 0 Å². The normalized spacial score (nSPS) is 10.4. The minimum absolute atomic E-state index is 0.226. The Kier molecular flexibility index (Phi) is 5.28. The summed E-state index contributed by atoms with van der Waals surface area (Å²) in [5.74, 6) is 0.107. The van der Waals surface area contributed by atoms with Gasteiger partial charge in [-0.3, -0.25) is 14.6 Å². The van der Waals surface area contributed by atoms with Crippen LogP contribution >= 0.6 is 11.6 Å². The van der Waals surface area contributed by atoms with Gasteiger partial charge in [0.05, 0.1) is 17.8 Å². The van der Waals surface area contributed by atoms with Gasteiger partial charge in [-0.05, 0) is 36.4 Å². The van der Waals surface area contributed by atoms with Crippen LogP contribution in [0.2, 0.25) is 5.02 Å². The number of benzene rings is 1. The van der Waals surface area contributed by atoms with Crippen LogP contribution < -0.4 is 15.6 Å². The van der Waals surface area contributed by atoms with Crippen molar-refractivity contribution in [3.05, 3.63) is 70.2 Å². The highest BCUT2D eigenvalue weighted by atomic mass is 35.5. The molecule has 0 unspecified atom stereocenters. The number of carbonyl (C=O) groups excluding carboxylic acids is 1. The minimum Gasteiger partial charge on any atom is -0.495 e. The third-order valence-corrected chi connectivity index (χ3v) is 3.85. The van der Waals surface area contributed by atoms with Gasteiger partial charge < -0.3 is 10.1 Å². The predicted molar refractivity (Wildman–Crippen MR) is 98.4 cm³/mol. The van der Waals surface area contributed by atoms with Gasteiger partial charge in [-0.2, -0.15) is 5.10 Å². The number of nitrogens with one attached hydrogen (secondary N) is 1. The van der Waals surface area contributed by atoms with Crippen LogP contribution in [0.15, 0.2) is 59.7 Å². The highest BCUT2D eigenvalue weighted by Gasteiger charge is 2.10. The highest BCUT2D eigenvalue weighted by Crippen LogP contribution is 2.27. The van der Waals surface area contributed by atoms with E-state index in [9.17, 15) is 9.59 Å². The van der Waals surface area contributed by atoms with E-state index in [0.29, 0.717) is 22.2 Å². The second kappa shape index (κ2) is 7.79. The largest absolute Gasteiger partial charge is 0.495 e. The Morgan fingerprint density at radius 2 is 2.12 bits per heavy atom. The SMILES string of the molecule is COc1ccc(NC(=O)Cn2nc(-c3cccnc3)ccc2=O)cc1Cl. The Hall–Kier alpha value is -3.19. The van der Waals surface area contributed by atoms with E-state index >= 15 is 0 Å². The van der Waals surface area contributed by atoms with Crippen molar-refractivity contribution < 1.29 is 9.53 Å². The van der Waals surface area contributed by atoms with Gasteiger partial charge in [0.2, 0.25) is 5.91 Å². The summed E-state index contributed by atoms with van der Waals surface area (Å²) in [5.41, 5.74) is 1.43. The standard InChI is InChI=1S/C18H15ClN4O3/c1-26-16-6-4-13(9-14(16)19)21-17(24)11-23-18(25)7-5-15(22-23)12-3-2-8-20-10-12/h2-10H,11H2,1H3,(H,21,24). The van der Waals surface area contributed by atoms with Gasteiger partial charge >= 0.3 is 0 Å². The first kappa shape index (κ1) is 17.6. The van der Waals surface area contributed by atoms with Crippen LogP contribution in [-0.2, 0) is 11.3 Å². The molecule has 0 fully saturated rings. The molecule has 3 aromatic rings. The van der Waals surface area contributed by atoms with Gasteiger partial charge in [-0.1, -0.05) is 11.6 Å². The lowest BCUT2D eigenvalue weighted by atomic mass is 10.2. The molecule has 0 spiro atoms. The van der Waals surface area contributed by atoms with Gasteiger partial charge in [0.15, 0.2) is 0 Å². The van der Waals surface area contributed by atoms with Crippen molar-refractivity contribution in [1.82, 2.24) is 14.8 Å². The molecular formula is C18H15ClN4O3. The molecule has 26 heavy (non-hydrogen) atoms. The molecule has 0 saturated carbocycles. The molecule has 0 aliphatic heterocycles. The molecule has 2 aromatic heterocycles. The van der Waals surface area contributed by atoms with Gasteiger partial charge in [-0.25, -0.2) is 4.68 Å². The highest BCUT2D eigenvalue weighted by molar-refractivity contribution is 6.32. The van der Waals surface area contributed by atoms with Crippen LogP contribution in [0.4, 0.5) is 5.69 Å². The molecule has 2 heterocycles. The Balaban J connectivity index is 1.77. The molecule has 0 radical (unpaired) electrons. The zero-order valence-corrected chi connectivity index (χ0v) is 14.6. The number of carbonyl (C=O) groups is 1. The summed E-state index contributed by atoms with van der Waals surface area (Å²) in [6.45, 7) is -0.226. The van der Waals surface area contributed by atoms with E-state index in [4.69, 9.17) is 16.3 Å². The van der Waals surface area contributed by atoms with Gasteiger partial charge in [0.25, 0.3) is 5.56 Å². The second-order valence-corrected chi connectivity index (χ2v) is 5.76. The van der Waals surface area contributed by atoms with E-state index in [0.717, 1.165) is 10.2 Å². The fraction of sp³-hybridized carbons (Fsp3) is 0.111. The Morgan fingerprint density at radius 1 is 1.27 bits per heavy atom. The second-order valence-electron chi connectivity index (χ2n) is 5.35. The quantitative estimate of drug-likeness (QED) is 0.746. The molecule has 0 saturated heterocycles. The third-order valence-electron chi connectivity index (χ3n) is 3.55. The summed E-state index contributed by atoms with van der Waals surface area (Å²) in [6, 6.07) is 11.4. The summed E-state index contributed by atoms with van der Waals surface area (Å²) in [7, 11) is 1.51. The average molecular weight is 371 g/mol. The molecule has 0 aliphatic carbocycles. The molecule has 1 amide bonds. The van der Waals surface area contributed by atoms with Crippen LogP contribution in [0.1, 0.15) is 0 Å². The zero-order chi connectivity index (χ0) is 18.5. The molecule has 8 heteroatoms. The molecule has 1 N–H and O–H groups in total. The van der Waals surface area contributed by atoms with Crippen molar-refractivity contribution in [2.24, 2.45) is 0 Å². The number of nitrogens with zero attached hydrogens (tertiary/aromatic N) is 3. The number of ether oxygens (including phenoxy) is 1. The summed E-state index contributed by atoms with van der Waals surface area (Å²) in [4.78, 5) is 28.3. The fourth-order valence-corrected chi connectivity index (χ4v) is 2.57. The summed E-state index contributed by atoms with van der Waals surface area (Å²) >= 11 is 6.04. The number of amides is 1. The summed E-state index contributed by atoms with van der Waals surface area (Å²) in [5, 5.41) is 7.28. The number of halogens is 1. The first-order valence-corrected chi connectivity index (χ1v) is 8.06. The molecule has 132 valence electrons. The van der Waals surface area contributed by atoms with Gasteiger partial charge in [0.1, 0.15) is 12.3 Å². The first-order chi connectivity index (χ1) is 12.6. The van der Waals surface area contributed by atoms with E-state index in [2.05, 4.69) is 15.4 Å². The van der Waals surface area contributed by atoms with E-state index in [-0.39, 0.29) is 12.1 Å². The molecule has 0 atom stereocenters. The predicted octanol–water partition coefficient (Wildman–Crippen LogP) is 2.61. The number of hydrogen-bond acceptors (Lipinski definition) is 5. The van der Waals surface area contributed by atoms with E-state index in [1.54, 1.807) is 42.7 Å². The summed E-state index contributed by atoms with van der Waals surface area (Å²) < 4.78 is 6.17. The average Bonchev–Trinajstić information content (AvgIpc) is 2.64. The van der Waals surface area contributed by atoms with Crippen molar-refractivity contribution in [3.8, 4) is 17.0 Å². The number of aromatic nitrogens is 3. The maximum absolute atomic E-state index is 12.3. The Morgan fingerprint density at radius 3 is 2.81 bits per heavy atom. The van der Waals surface area contributed by atoms with Crippen molar-refractivity contribution in [2.45, 2.75) is 6.54 Å². The third kappa shape index (κ3) is 4.07. The fourth-order valence-electron chi connectivity index (χ4n) is 2.31. The summed E-state index contributed by atoms with van der Waals surface area (Å²) in [6.07, 6.45) is 3.28. The maximum atomic E-state index is 12.3. The molecule has 3 rings (SSSR count). The van der Waals surface area contributed by atoms with Crippen molar-refractivity contribution in [2.75, 3.05) is 12.4 Å². The number of hydrogen-bond donors (Lipinski definition) is 1. The van der Waals surface area contributed by atoms with Crippen molar-refractivity contribution in [3.63, 3.8) is 0 Å². The number of methoxy groups -OCH3 is 1. The molecule has 1 aromatic carbocycles. The van der Waals surface area contributed by atoms with Crippen LogP contribution in [0, 0.1) is 0 Å². The van der Waals surface area contributed by atoms with Gasteiger partial charge in [0, 0.05) is 29.7 Å². The van der Waals surface area contributed by atoms with E-state index < -0.39 is 5.91 Å². The Labute approximate surface area is 154 Å². The van der Waals surface area contributed by atoms with Crippen LogP contribution in [-0.4, -0.2) is 27.8 Å². The monoisotopic (exact) mass is 370 g/mol. The van der Waals surface area contributed by atoms with Crippen LogP contribution in [0.5, 0.6) is 5.75 Å². The lowest BCUT2D eigenvalue weighted by molar-refractivity contribution is -0.117. The minimum atomic E-state index is -0.399. The lowest BCUT2D eigenvalue weighted by Crippen LogP contribution is -2.29. The smallest absolute Gasteiger partial charge is 0.267 e. The number of rotatable bonds is 5. The molecular weight excluding hydrogens is 356 g/mol. The lowest BCUT2D eigenvalue weighted by Gasteiger charge is -2.09. The maximum Gasteiger partial charge on any atom is 0.267 e.